The number of allylic oxidation sites excluding steroid dienone is 2. The van der Waals surface area contributed by atoms with Crippen LogP contribution >= 0.6 is 22.6 Å². The predicted octanol–water partition coefficient (Wildman–Crippen LogP) is 3.22. The van der Waals surface area contributed by atoms with E-state index in [2.05, 4.69) is 29.4 Å². The molecule has 0 spiro atoms. The monoisotopic (exact) mass is 481 g/mol. The minimum absolute atomic E-state index is 0.0343. The molecule has 0 radical (unpaired) electrons. The molecular weight excluding hydrogens is 461 g/mol. The standard InChI is InChI=1S/C19H20IN3O4/c1-19(2)6-10-14(11(24)7-19)13(15-17(21-10)22-23-18(15)26)8-4-9(20)16(25)12(5-8)27-3/h4-5,13,25H,6-7H2,1-3H3,(H3,21,22,23,26)/t13-/m0/s1. The minimum Gasteiger partial charge on any atom is -0.504 e. The van der Waals surface area contributed by atoms with Crippen LogP contribution in [0, 0.1) is 8.99 Å². The van der Waals surface area contributed by atoms with Gasteiger partial charge in [-0.25, -0.2) is 0 Å². The summed E-state index contributed by atoms with van der Waals surface area (Å²) >= 11 is 2.02. The van der Waals surface area contributed by atoms with Gasteiger partial charge in [-0.3, -0.25) is 19.8 Å². The third-order valence-corrected chi connectivity index (χ3v) is 6.01. The van der Waals surface area contributed by atoms with E-state index in [4.69, 9.17) is 4.74 Å². The van der Waals surface area contributed by atoms with Gasteiger partial charge in [-0.1, -0.05) is 13.8 Å². The van der Waals surface area contributed by atoms with Gasteiger partial charge >= 0.3 is 0 Å². The molecule has 0 saturated heterocycles. The fraction of sp³-hybridized carbons (Fsp3) is 0.368. The lowest BCUT2D eigenvalue weighted by Gasteiger charge is -2.38. The average molecular weight is 481 g/mol. The van der Waals surface area contributed by atoms with E-state index in [1.807, 2.05) is 22.6 Å². The maximum Gasteiger partial charge on any atom is 0.270 e. The number of H-pyrrole nitrogens is 2. The SMILES string of the molecule is COc1cc([C@H]2C3=C(CC(C)(C)CC3=O)Nc3[nH][nH]c(=O)c32)cc(I)c1O. The van der Waals surface area contributed by atoms with Crippen molar-refractivity contribution in [3.63, 3.8) is 0 Å². The number of anilines is 1. The van der Waals surface area contributed by atoms with Crippen molar-refractivity contribution in [2.45, 2.75) is 32.6 Å². The molecule has 0 saturated carbocycles. The Morgan fingerprint density at radius 1 is 1.22 bits per heavy atom. The van der Waals surface area contributed by atoms with E-state index in [1.54, 1.807) is 12.1 Å². The number of hydrogen-bond acceptors (Lipinski definition) is 5. The van der Waals surface area contributed by atoms with E-state index in [1.165, 1.54) is 7.11 Å². The van der Waals surface area contributed by atoms with E-state index >= 15 is 0 Å². The van der Waals surface area contributed by atoms with Crippen LogP contribution in [0.5, 0.6) is 11.5 Å². The second kappa shape index (κ2) is 6.15. The molecule has 4 N–H and O–H groups in total. The molecule has 1 aliphatic carbocycles. The molecule has 0 bridgehead atoms. The van der Waals surface area contributed by atoms with Gasteiger partial charge in [0.2, 0.25) is 0 Å². The van der Waals surface area contributed by atoms with Gasteiger partial charge in [0.05, 0.1) is 16.2 Å². The maximum absolute atomic E-state index is 13.1. The molecule has 27 heavy (non-hydrogen) atoms. The molecule has 7 nitrogen and oxygen atoms in total. The summed E-state index contributed by atoms with van der Waals surface area (Å²) in [5.74, 6) is 0.459. The Kier molecular flexibility index (Phi) is 4.13. The lowest BCUT2D eigenvalue weighted by atomic mass is 9.69. The number of fused-ring (bicyclic) bond motifs is 1. The van der Waals surface area contributed by atoms with Crippen LogP contribution < -0.4 is 15.6 Å². The summed E-state index contributed by atoms with van der Waals surface area (Å²) in [5, 5.41) is 18.9. The normalized spacial score (nSPS) is 20.7. The Labute approximate surface area is 169 Å². The van der Waals surface area contributed by atoms with Crippen LogP contribution in [0.15, 0.2) is 28.2 Å². The second-order valence-electron chi connectivity index (χ2n) is 7.81. The lowest BCUT2D eigenvalue weighted by Crippen LogP contribution is -2.35. The molecule has 0 amide bonds. The summed E-state index contributed by atoms with van der Waals surface area (Å²) in [7, 11) is 1.48. The molecule has 1 atom stereocenters. The molecule has 1 aromatic carbocycles. The number of phenols is 1. The van der Waals surface area contributed by atoms with Crippen molar-refractivity contribution in [2.75, 3.05) is 12.4 Å². The Morgan fingerprint density at radius 3 is 2.67 bits per heavy atom. The summed E-state index contributed by atoms with van der Waals surface area (Å²) in [6.07, 6.45) is 1.14. The largest absolute Gasteiger partial charge is 0.504 e. The molecule has 142 valence electrons. The number of aromatic hydroxyl groups is 1. The summed E-state index contributed by atoms with van der Waals surface area (Å²) in [4.78, 5) is 25.6. The topological polar surface area (TPSA) is 107 Å². The quantitative estimate of drug-likeness (QED) is 0.493. The molecule has 8 heteroatoms. The van der Waals surface area contributed by atoms with Gasteiger partial charge in [-0.15, -0.1) is 0 Å². The number of aromatic nitrogens is 2. The number of Topliss-reactive ketones (excluding diaryl/α,β-unsaturated/α-hetero) is 1. The third-order valence-electron chi connectivity index (χ3n) is 5.19. The van der Waals surface area contributed by atoms with Gasteiger partial charge < -0.3 is 15.2 Å². The van der Waals surface area contributed by atoms with Gasteiger partial charge in [0, 0.05) is 23.6 Å². The fourth-order valence-electron chi connectivity index (χ4n) is 4.07. The molecule has 2 aliphatic rings. The van der Waals surface area contributed by atoms with Gasteiger partial charge in [0.25, 0.3) is 5.56 Å². The molecular formula is C19H20IN3O4. The van der Waals surface area contributed by atoms with Gasteiger partial charge in [0.15, 0.2) is 17.3 Å². The minimum atomic E-state index is -0.516. The van der Waals surface area contributed by atoms with Gasteiger partial charge in [0.1, 0.15) is 5.82 Å². The van der Waals surface area contributed by atoms with Crippen LogP contribution in [0.3, 0.4) is 0 Å². The Balaban J connectivity index is 1.98. The van der Waals surface area contributed by atoms with E-state index in [9.17, 15) is 14.7 Å². The van der Waals surface area contributed by atoms with Crippen LogP contribution in [0.25, 0.3) is 0 Å². The molecule has 4 rings (SSSR count). The Morgan fingerprint density at radius 2 is 1.96 bits per heavy atom. The van der Waals surface area contributed by atoms with E-state index in [0.717, 1.165) is 11.3 Å². The fourth-order valence-corrected chi connectivity index (χ4v) is 4.69. The highest BCUT2D eigenvalue weighted by Gasteiger charge is 2.42. The first-order valence-electron chi connectivity index (χ1n) is 8.62. The first-order chi connectivity index (χ1) is 12.7. The zero-order valence-electron chi connectivity index (χ0n) is 15.2. The number of ether oxygens (including phenoxy) is 1. The zero-order valence-corrected chi connectivity index (χ0v) is 17.4. The molecule has 1 aromatic heterocycles. The molecule has 2 aromatic rings. The first-order valence-corrected chi connectivity index (χ1v) is 9.70. The van der Waals surface area contributed by atoms with Crippen molar-refractivity contribution in [1.82, 2.24) is 10.2 Å². The Hall–Kier alpha value is -2.23. The van der Waals surface area contributed by atoms with Crippen molar-refractivity contribution in [2.24, 2.45) is 5.41 Å². The molecule has 2 heterocycles. The lowest BCUT2D eigenvalue weighted by molar-refractivity contribution is -0.118. The number of methoxy groups -OCH3 is 1. The van der Waals surface area contributed by atoms with Crippen LogP contribution in [0.1, 0.15) is 43.7 Å². The summed E-state index contributed by atoms with van der Waals surface area (Å²) in [6.45, 7) is 4.13. The van der Waals surface area contributed by atoms with Gasteiger partial charge in [-0.05, 0) is 52.1 Å². The second-order valence-corrected chi connectivity index (χ2v) is 8.97. The summed E-state index contributed by atoms with van der Waals surface area (Å²) in [6, 6.07) is 3.49. The van der Waals surface area contributed by atoms with Crippen molar-refractivity contribution in [1.29, 1.82) is 0 Å². The number of carbonyl (C=O) groups excluding carboxylic acids is 1. The number of halogens is 1. The average Bonchev–Trinajstić information content (AvgIpc) is 2.95. The highest BCUT2D eigenvalue weighted by atomic mass is 127. The highest BCUT2D eigenvalue weighted by molar-refractivity contribution is 14.1. The molecule has 0 fully saturated rings. The van der Waals surface area contributed by atoms with Crippen LogP contribution in [-0.2, 0) is 4.79 Å². The number of benzene rings is 1. The van der Waals surface area contributed by atoms with Crippen molar-refractivity contribution in [3.8, 4) is 11.5 Å². The number of hydrogen-bond donors (Lipinski definition) is 4. The number of aromatic amines is 2. The summed E-state index contributed by atoms with van der Waals surface area (Å²) < 4.78 is 5.88. The predicted molar refractivity (Wildman–Crippen MR) is 109 cm³/mol. The zero-order chi connectivity index (χ0) is 19.5. The van der Waals surface area contributed by atoms with Crippen molar-refractivity contribution in [3.05, 3.63) is 48.5 Å². The van der Waals surface area contributed by atoms with E-state index in [0.29, 0.717) is 39.1 Å². The van der Waals surface area contributed by atoms with Gasteiger partial charge in [-0.2, -0.15) is 0 Å². The number of carbonyl (C=O) groups is 1. The van der Waals surface area contributed by atoms with Crippen LogP contribution in [0.2, 0.25) is 0 Å². The van der Waals surface area contributed by atoms with Crippen molar-refractivity contribution >= 4 is 34.2 Å². The number of nitrogens with one attached hydrogen (secondary N) is 3. The highest BCUT2D eigenvalue weighted by Crippen LogP contribution is 2.48. The third kappa shape index (κ3) is 2.86. The molecule has 0 unspecified atom stereocenters. The number of ketones is 1. The van der Waals surface area contributed by atoms with E-state index in [-0.39, 0.29) is 22.5 Å². The molecule has 1 aliphatic heterocycles. The number of phenolic OH excluding ortho intramolecular Hbond substituents is 1. The smallest absolute Gasteiger partial charge is 0.270 e. The Bertz CT molecular complexity index is 1050. The maximum atomic E-state index is 13.1. The number of rotatable bonds is 2. The summed E-state index contributed by atoms with van der Waals surface area (Å²) in [5.41, 5.74) is 2.26. The van der Waals surface area contributed by atoms with E-state index < -0.39 is 5.92 Å². The van der Waals surface area contributed by atoms with Crippen molar-refractivity contribution < 1.29 is 14.6 Å². The first kappa shape index (κ1) is 18.1. The van der Waals surface area contributed by atoms with Crippen LogP contribution in [-0.4, -0.2) is 28.2 Å². The van der Waals surface area contributed by atoms with Crippen LogP contribution in [0.4, 0.5) is 5.82 Å².